The van der Waals surface area contributed by atoms with Crippen molar-refractivity contribution in [3.63, 3.8) is 0 Å². The van der Waals surface area contributed by atoms with Crippen LogP contribution in [-0.4, -0.2) is 43.5 Å². The van der Waals surface area contributed by atoms with E-state index in [2.05, 4.69) is 10.3 Å². The molecular formula is C14H18N2O4. The minimum atomic E-state index is -0.478. The van der Waals surface area contributed by atoms with Crippen LogP contribution in [0.1, 0.15) is 23.2 Å². The number of benzene rings is 1. The van der Waals surface area contributed by atoms with Crippen molar-refractivity contribution in [3.8, 4) is 5.75 Å². The number of nitrogens with zero attached hydrogens (tertiary/aromatic N) is 1. The first-order valence-electron chi connectivity index (χ1n) is 6.45. The monoisotopic (exact) mass is 278 g/mol. The number of hydrogen-bond donors (Lipinski definition) is 1. The fourth-order valence-corrected chi connectivity index (χ4v) is 2.37. The normalized spacial score (nSPS) is 17.9. The molecule has 0 bridgehead atoms. The van der Waals surface area contributed by atoms with Crippen LogP contribution in [0, 0.1) is 0 Å². The summed E-state index contributed by atoms with van der Waals surface area (Å²) in [7, 11) is 2.93. The third-order valence-corrected chi connectivity index (χ3v) is 3.34. The number of hydrogen-bond acceptors (Lipinski definition) is 4. The molecule has 0 aromatic heterocycles. The van der Waals surface area contributed by atoms with E-state index >= 15 is 0 Å². The molecule has 2 rings (SSSR count). The van der Waals surface area contributed by atoms with Gasteiger partial charge in [0.25, 0.3) is 11.8 Å². The quantitative estimate of drug-likeness (QED) is 0.834. The first-order valence-corrected chi connectivity index (χ1v) is 6.45. The van der Waals surface area contributed by atoms with Crippen LogP contribution in [0.3, 0.4) is 0 Å². The van der Waals surface area contributed by atoms with E-state index in [-0.39, 0.29) is 11.8 Å². The van der Waals surface area contributed by atoms with Crippen molar-refractivity contribution in [2.45, 2.75) is 18.9 Å². The van der Waals surface area contributed by atoms with Crippen molar-refractivity contribution in [1.82, 2.24) is 10.4 Å². The molecule has 0 spiro atoms. The van der Waals surface area contributed by atoms with Gasteiger partial charge in [-0.05, 0) is 31.0 Å². The van der Waals surface area contributed by atoms with E-state index in [4.69, 9.17) is 4.74 Å². The molecule has 0 saturated carbocycles. The molecule has 108 valence electrons. The van der Waals surface area contributed by atoms with Gasteiger partial charge in [-0.25, -0.2) is 5.48 Å². The Morgan fingerprint density at radius 1 is 1.35 bits per heavy atom. The number of hydroxylamine groups is 1. The Kier molecular flexibility index (Phi) is 4.57. The van der Waals surface area contributed by atoms with E-state index in [1.54, 1.807) is 36.3 Å². The third kappa shape index (κ3) is 2.91. The van der Waals surface area contributed by atoms with E-state index in [0.29, 0.717) is 24.3 Å². The zero-order chi connectivity index (χ0) is 14.5. The smallest absolute Gasteiger partial charge is 0.266 e. The molecule has 1 saturated heterocycles. The summed E-state index contributed by atoms with van der Waals surface area (Å²) in [5, 5.41) is 0. The Labute approximate surface area is 117 Å². The van der Waals surface area contributed by atoms with Gasteiger partial charge in [0.1, 0.15) is 11.8 Å². The summed E-state index contributed by atoms with van der Waals surface area (Å²) in [6, 6.07) is 6.44. The molecule has 1 N–H and O–H groups in total. The topological polar surface area (TPSA) is 67.9 Å². The lowest BCUT2D eigenvalue weighted by Gasteiger charge is -2.23. The maximum atomic E-state index is 12.5. The van der Waals surface area contributed by atoms with Crippen LogP contribution in [0.2, 0.25) is 0 Å². The van der Waals surface area contributed by atoms with Crippen molar-refractivity contribution < 1.29 is 19.2 Å². The van der Waals surface area contributed by atoms with Crippen LogP contribution < -0.4 is 10.2 Å². The van der Waals surface area contributed by atoms with Crippen LogP contribution in [0.15, 0.2) is 24.3 Å². The molecule has 1 aliphatic heterocycles. The van der Waals surface area contributed by atoms with Gasteiger partial charge in [0.2, 0.25) is 0 Å². The first kappa shape index (κ1) is 14.3. The minimum Gasteiger partial charge on any atom is -0.497 e. The summed E-state index contributed by atoms with van der Waals surface area (Å²) in [5.41, 5.74) is 2.80. The highest BCUT2D eigenvalue weighted by Gasteiger charge is 2.34. The maximum Gasteiger partial charge on any atom is 0.266 e. The van der Waals surface area contributed by atoms with Crippen molar-refractivity contribution in [2.75, 3.05) is 20.8 Å². The highest BCUT2D eigenvalue weighted by Crippen LogP contribution is 2.22. The number of carbonyl (C=O) groups excluding carboxylic acids is 2. The van der Waals surface area contributed by atoms with Crippen molar-refractivity contribution in [1.29, 1.82) is 0 Å². The molecule has 1 atom stereocenters. The van der Waals surface area contributed by atoms with E-state index in [9.17, 15) is 9.59 Å². The Morgan fingerprint density at radius 2 is 2.15 bits per heavy atom. The van der Waals surface area contributed by atoms with Gasteiger partial charge in [0.15, 0.2) is 0 Å². The first-order chi connectivity index (χ1) is 9.67. The zero-order valence-electron chi connectivity index (χ0n) is 11.6. The standard InChI is InChI=1S/C14H18N2O4/c1-19-11-6-3-5-10(9-11)14(18)16-8-4-7-12(16)13(17)15-20-2/h3,5-6,9,12H,4,7-8H2,1-2H3,(H,15,17)/t12-/m0/s1. The van der Waals surface area contributed by atoms with Crippen molar-refractivity contribution in [2.24, 2.45) is 0 Å². The Bertz CT molecular complexity index is 504. The zero-order valence-corrected chi connectivity index (χ0v) is 11.6. The molecule has 6 nitrogen and oxygen atoms in total. The number of ether oxygens (including phenoxy) is 1. The van der Waals surface area contributed by atoms with Crippen LogP contribution in [0.5, 0.6) is 5.75 Å². The van der Waals surface area contributed by atoms with E-state index in [1.165, 1.54) is 7.11 Å². The van der Waals surface area contributed by atoms with Gasteiger partial charge in [-0.15, -0.1) is 0 Å². The minimum absolute atomic E-state index is 0.169. The molecule has 20 heavy (non-hydrogen) atoms. The molecule has 1 aromatic carbocycles. The second kappa shape index (κ2) is 6.38. The fourth-order valence-electron chi connectivity index (χ4n) is 2.37. The number of methoxy groups -OCH3 is 1. The summed E-state index contributed by atoms with van der Waals surface area (Å²) < 4.78 is 5.11. The lowest BCUT2D eigenvalue weighted by Crippen LogP contribution is -2.45. The van der Waals surface area contributed by atoms with Gasteiger partial charge in [-0.2, -0.15) is 0 Å². The van der Waals surface area contributed by atoms with Gasteiger partial charge < -0.3 is 9.64 Å². The Balaban J connectivity index is 2.16. The van der Waals surface area contributed by atoms with E-state index in [1.807, 2.05) is 0 Å². The molecule has 1 aliphatic rings. The summed E-state index contributed by atoms with van der Waals surface area (Å²) in [4.78, 5) is 30.5. The molecule has 6 heteroatoms. The molecule has 0 aliphatic carbocycles. The number of rotatable bonds is 4. The van der Waals surface area contributed by atoms with Gasteiger partial charge >= 0.3 is 0 Å². The van der Waals surface area contributed by atoms with Crippen LogP contribution in [-0.2, 0) is 9.63 Å². The number of likely N-dealkylation sites (tertiary alicyclic amines) is 1. The second-order valence-corrected chi connectivity index (χ2v) is 4.56. The summed E-state index contributed by atoms with van der Waals surface area (Å²) >= 11 is 0. The second-order valence-electron chi connectivity index (χ2n) is 4.56. The van der Waals surface area contributed by atoms with Gasteiger partial charge in [0.05, 0.1) is 14.2 Å². The highest BCUT2D eigenvalue weighted by molar-refractivity contribution is 5.98. The number of amides is 2. The molecule has 0 radical (unpaired) electrons. The Hall–Kier alpha value is -2.08. The summed E-state index contributed by atoms with van der Waals surface area (Å²) in [6.07, 6.45) is 1.45. The van der Waals surface area contributed by atoms with Crippen molar-refractivity contribution >= 4 is 11.8 Å². The fraction of sp³-hybridized carbons (Fsp3) is 0.429. The lowest BCUT2D eigenvalue weighted by atomic mass is 10.1. The SMILES string of the molecule is CONC(=O)[C@@H]1CCCN1C(=O)c1cccc(OC)c1. The maximum absolute atomic E-state index is 12.5. The molecular weight excluding hydrogens is 260 g/mol. The van der Waals surface area contributed by atoms with Crippen LogP contribution >= 0.6 is 0 Å². The number of carbonyl (C=O) groups is 2. The largest absolute Gasteiger partial charge is 0.497 e. The van der Waals surface area contributed by atoms with Gasteiger partial charge in [-0.1, -0.05) is 6.07 Å². The van der Waals surface area contributed by atoms with Gasteiger partial charge in [-0.3, -0.25) is 14.4 Å². The average Bonchev–Trinajstić information content (AvgIpc) is 2.96. The number of nitrogens with one attached hydrogen (secondary N) is 1. The molecule has 0 unspecified atom stereocenters. The average molecular weight is 278 g/mol. The lowest BCUT2D eigenvalue weighted by molar-refractivity contribution is -0.135. The van der Waals surface area contributed by atoms with Crippen molar-refractivity contribution in [3.05, 3.63) is 29.8 Å². The van der Waals surface area contributed by atoms with Gasteiger partial charge in [0, 0.05) is 12.1 Å². The van der Waals surface area contributed by atoms with Crippen LogP contribution in [0.4, 0.5) is 0 Å². The molecule has 1 aromatic rings. The van der Waals surface area contributed by atoms with Crippen LogP contribution in [0.25, 0.3) is 0 Å². The van der Waals surface area contributed by atoms with E-state index in [0.717, 1.165) is 6.42 Å². The Morgan fingerprint density at radius 3 is 2.85 bits per heavy atom. The predicted octanol–water partition coefficient (Wildman–Crippen LogP) is 0.977. The summed E-state index contributed by atoms with van der Waals surface area (Å²) in [5.74, 6) is 0.159. The highest BCUT2D eigenvalue weighted by atomic mass is 16.6. The predicted molar refractivity (Wildman–Crippen MR) is 72.2 cm³/mol. The van der Waals surface area contributed by atoms with E-state index < -0.39 is 6.04 Å². The molecule has 1 heterocycles. The summed E-state index contributed by atoms with van der Waals surface area (Å²) in [6.45, 7) is 0.567. The molecule has 2 amide bonds. The third-order valence-electron chi connectivity index (χ3n) is 3.34. The molecule has 1 fully saturated rings.